The van der Waals surface area contributed by atoms with Crippen LogP contribution in [0.1, 0.15) is 11.3 Å². The van der Waals surface area contributed by atoms with Crippen LogP contribution >= 0.6 is 0 Å². The summed E-state index contributed by atoms with van der Waals surface area (Å²) in [6.45, 7) is 2.41. The summed E-state index contributed by atoms with van der Waals surface area (Å²) >= 11 is 0. The SMILES string of the molecule is Cc1cc(CN)cc(Oc2cccc3[nH]ccc23)n1. The lowest BCUT2D eigenvalue weighted by Gasteiger charge is -2.08. The Kier molecular flexibility index (Phi) is 2.93. The van der Waals surface area contributed by atoms with Gasteiger partial charge in [-0.15, -0.1) is 0 Å². The van der Waals surface area contributed by atoms with Crippen LogP contribution in [0.4, 0.5) is 0 Å². The highest BCUT2D eigenvalue weighted by Crippen LogP contribution is 2.28. The monoisotopic (exact) mass is 253 g/mol. The van der Waals surface area contributed by atoms with E-state index in [2.05, 4.69) is 9.97 Å². The van der Waals surface area contributed by atoms with Crippen molar-refractivity contribution in [1.29, 1.82) is 0 Å². The Morgan fingerprint density at radius 2 is 2.16 bits per heavy atom. The van der Waals surface area contributed by atoms with Crippen LogP contribution in [0.25, 0.3) is 10.9 Å². The van der Waals surface area contributed by atoms with E-state index in [1.54, 1.807) is 0 Å². The first-order valence-electron chi connectivity index (χ1n) is 6.18. The molecule has 0 amide bonds. The Bertz CT molecular complexity index is 718. The summed E-state index contributed by atoms with van der Waals surface area (Å²) in [4.78, 5) is 7.54. The van der Waals surface area contributed by atoms with Crippen molar-refractivity contribution in [3.63, 3.8) is 0 Å². The van der Waals surface area contributed by atoms with E-state index in [0.29, 0.717) is 12.4 Å². The summed E-state index contributed by atoms with van der Waals surface area (Å²) in [5, 5.41) is 1.04. The number of hydrogen-bond acceptors (Lipinski definition) is 3. The minimum absolute atomic E-state index is 0.480. The van der Waals surface area contributed by atoms with Crippen LogP contribution in [0, 0.1) is 6.92 Å². The minimum atomic E-state index is 0.480. The van der Waals surface area contributed by atoms with Crippen molar-refractivity contribution < 1.29 is 4.74 Å². The summed E-state index contributed by atoms with van der Waals surface area (Å²) in [6.07, 6.45) is 1.90. The molecule has 3 aromatic rings. The fourth-order valence-corrected chi connectivity index (χ4v) is 2.14. The Morgan fingerprint density at radius 1 is 1.26 bits per heavy atom. The number of pyridine rings is 1. The van der Waals surface area contributed by atoms with E-state index in [-0.39, 0.29) is 0 Å². The van der Waals surface area contributed by atoms with Gasteiger partial charge in [0, 0.05) is 35.4 Å². The first-order chi connectivity index (χ1) is 9.26. The number of nitrogens with one attached hydrogen (secondary N) is 1. The number of ether oxygens (including phenoxy) is 1. The number of hydrogen-bond donors (Lipinski definition) is 2. The summed E-state index contributed by atoms with van der Waals surface area (Å²) in [7, 11) is 0. The van der Waals surface area contributed by atoms with Crippen molar-refractivity contribution in [2.45, 2.75) is 13.5 Å². The average Bonchev–Trinajstić information content (AvgIpc) is 2.87. The minimum Gasteiger partial charge on any atom is -0.438 e. The number of H-pyrrole nitrogens is 1. The van der Waals surface area contributed by atoms with Crippen LogP contribution in [-0.4, -0.2) is 9.97 Å². The predicted octanol–water partition coefficient (Wildman–Crippen LogP) is 3.12. The molecule has 1 aromatic carbocycles. The van der Waals surface area contributed by atoms with Gasteiger partial charge in [0.2, 0.25) is 5.88 Å². The molecule has 0 unspecified atom stereocenters. The lowest BCUT2D eigenvalue weighted by Crippen LogP contribution is -1.99. The zero-order valence-electron chi connectivity index (χ0n) is 10.7. The van der Waals surface area contributed by atoms with E-state index in [4.69, 9.17) is 10.5 Å². The molecule has 4 nitrogen and oxygen atoms in total. The number of aryl methyl sites for hydroxylation is 1. The number of benzene rings is 1. The zero-order valence-corrected chi connectivity index (χ0v) is 10.7. The smallest absolute Gasteiger partial charge is 0.219 e. The second-order valence-corrected chi connectivity index (χ2v) is 4.46. The largest absolute Gasteiger partial charge is 0.438 e. The van der Waals surface area contributed by atoms with Gasteiger partial charge in [-0.05, 0) is 36.8 Å². The van der Waals surface area contributed by atoms with Gasteiger partial charge in [0.15, 0.2) is 0 Å². The van der Waals surface area contributed by atoms with Crippen molar-refractivity contribution in [2.24, 2.45) is 5.73 Å². The van der Waals surface area contributed by atoms with E-state index in [1.165, 1.54) is 0 Å². The highest BCUT2D eigenvalue weighted by Gasteiger charge is 2.06. The van der Waals surface area contributed by atoms with E-state index >= 15 is 0 Å². The van der Waals surface area contributed by atoms with Gasteiger partial charge in [-0.1, -0.05) is 6.07 Å². The number of nitrogens with two attached hydrogens (primary N) is 1. The van der Waals surface area contributed by atoms with Crippen LogP contribution in [0.3, 0.4) is 0 Å². The molecule has 0 saturated carbocycles. The van der Waals surface area contributed by atoms with Gasteiger partial charge in [0.1, 0.15) is 5.75 Å². The number of aromatic amines is 1. The van der Waals surface area contributed by atoms with Crippen molar-refractivity contribution in [3.8, 4) is 11.6 Å². The highest BCUT2D eigenvalue weighted by molar-refractivity contribution is 5.85. The number of nitrogens with zero attached hydrogens (tertiary/aromatic N) is 1. The molecule has 0 aliphatic rings. The van der Waals surface area contributed by atoms with Gasteiger partial charge in [-0.2, -0.15) is 0 Å². The maximum atomic E-state index is 5.89. The highest BCUT2D eigenvalue weighted by atomic mass is 16.5. The summed E-state index contributed by atoms with van der Waals surface area (Å²) in [6, 6.07) is 11.7. The fourth-order valence-electron chi connectivity index (χ4n) is 2.14. The van der Waals surface area contributed by atoms with Crippen LogP contribution in [0.5, 0.6) is 11.6 Å². The zero-order chi connectivity index (χ0) is 13.2. The molecule has 0 fully saturated rings. The lowest BCUT2D eigenvalue weighted by atomic mass is 10.2. The lowest BCUT2D eigenvalue weighted by molar-refractivity contribution is 0.466. The van der Waals surface area contributed by atoms with Crippen LogP contribution in [-0.2, 0) is 6.54 Å². The molecular formula is C15H15N3O. The predicted molar refractivity (Wildman–Crippen MR) is 75.2 cm³/mol. The molecule has 0 spiro atoms. The topological polar surface area (TPSA) is 63.9 Å². The Morgan fingerprint density at radius 3 is 3.00 bits per heavy atom. The molecule has 0 saturated heterocycles. The molecule has 2 heterocycles. The van der Waals surface area contributed by atoms with Gasteiger partial charge < -0.3 is 15.5 Å². The molecule has 19 heavy (non-hydrogen) atoms. The van der Waals surface area contributed by atoms with Crippen molar-refractivity contribution >= 4 is 10.9 Å². The number of aromatic nitrogens is 2. The third kappa shape index (κ3) is 2.30. The molecule has 0 radical (unpaired) electrons. The summed E-state index contributed by atoms with van der Waals surface area (Å²) < 4.78 is 5.89. The molecule has 0 atom stereocenters. The quantitative estimate of drug-likeness (QED) is 0.753. The van der Waals surface area contributed by atoms with Crippen LogP contribution in [0.2, 0.25) is 0 Å². The van der Waals surface area contributed by atoms with Gasteiger partial charge >= 0.3 is 0 Å². The molecule has 96 valence electrons. The number of fused-ring (bicyclic) bond motifs is 1. The van der Waals surface area contributed by atoms with Gasteiger partial charge in [-0.25, -0.2) is 4.98 Å². The summed E-state index contributed by atoms with van der Waals surface area (Å²) in [5.41, 5.74) is 8.63. The average molecular weight is 253 g/mol. The van der Waals surface area contributed by atoms with Crippen molar-refractivity contribution in [2.75, 3.05) is 0 Å². The van der Waals surface area contributed by atoms with Crippen LogP contribution in [0.15, 0.2) is 42.6 Å². The molecule has 0 bridgehead atoms. The van der Waals surface area contributed by atoms with Crippen LogP contribution < -0.4 is 10.5 Å². The van der Waals surface area contributed by atoms with Gasteiger partial charge in [-0.3, -0.25) is 0 Å². The van der Waals surface area contributed by atoms with Crippen molar-refractivity contribution in [3.05, 3.63) is 53.9 Å². The van der Waals surface area contributed by atoms with E-state index in [0.717, 1.165) is 27.9 Å². The molecule has 3 rings (SSSR count). The second kappa shape index (κ2) is 4.74. The second-order valence-electron chi connectivity index (χ2n) is 4.46. The normalized spacial score (nSPS) is 10.8. The molecule has 4 heteroatoms. The molecule has 0 aliphatic carbocycles. The Hall–Kier alpha value is -2.33. The first kappa shape index (κ1) is 11.7. The molecule has 3 N–H and O–H groups in total. The molecule has 2 aromatic heterocycles. The van der Waals surface area contributed by atoms with Gasteiger partial charge in [0.25, 0.3) is 0 Å². The first-order valence-corrected chi connectivity index (χ1v) is 6.18. The van der Waals surface area contributed by atoms with E-state index < -0.39 is 0 Å². The summed E-state index contributed by atoms with van der Waals surface area (Å²) in [5.74, 6) is 1.37. The van der Waals surface area contributed by atoms with E-state index in [9.17, 15) is 0 Å². The molecular weight excluding hydrogens is 238 g/mol. The third-order valence-electron chi connectivity index (χ3n) is 2.99. The van der Waals surface area contributed by atoms with Crippen molar-refractivity contribution in [1.82, 2.24) is 9.97 Å². The standard InChI is InChI=1S/C15H15N3O/c1-10-7-11(9-16)8-15(18-10)19-14-4-2-3-13-12(14)5-6-17-13/h2-8,17H,9,16H2,1H3. The Balaban J connectivity index is 2.01. The fraction of sp³-hybridized carbons (Fsp3) is 0.133. The number of rotatable bonds is 3. The molecule has 0 aliphatic heterocycles. The maximum absolute atomic E-state index is 5.89. The Labute approximate surface area is 111 Å². The third-order valence-corrected chi connectivity index (χ3v) is 2.99. The van der Waals surface area contributed by atoms with Gasteiger partial charge in [0.05, 0.1) is 0 Å². The van der Waals surface area contributed by atoms with E-state index in [1.807, 2.05) is 49.5 Å². The maximum Gasteiger partial charge on any atom is 0.219 e.